The van der Waals surface area contributed by atoms with Crippen LogP contribution < -0.4 is 36.7 Å². The van der Waals surface area contributed by atoms with E-state index in [0.29, 0.717) is 29.2 Å². The molecule has 0 spiro atoms. The van der Waals surface area contributed by atoms with Gasteiger partial charge < -0.3 is 25.8 Å². The topological polar surface area (TPSA) is 128 Å². The number of aromatic nitrogens is 1. The van der Waals surface area contributed by atoms with Crippen molar-refractivity contribution in [3.63, 3.8) is 0 Å². The molecule has 0 aliphatic heterocycles. The smallest absolute Gasteiger partial charge is 0.416 e. The van der Waals surface area contributed by atoms with E-state index >= 15 is 0 Å². The standard InChI is InChI=1S/C27H31F3N6O3/c1-5-33-13-19-8-20(27(28,29)30)11-23(25(19)39-4)35-26(37)17-7-6-16(2)24(10-17)36(32)15-22(31)18-9-21(38-3)14-34-12-18/h6-12,14-15,33H,5,13,31-32H2,1-4H3,(H,35,37)/b22-15-. The number of nitrogens with two attached hydrogens (primary N) is 2. The summed E-state index contributed by atoms with van der Waals surface area (Å²) in [4.78, 5) is 17.3. The van der Waals surface area contributed by atoms with Crippen LogP contribution in [-0.4, -0.2) is 31.7 Å². The molecule has 1 aromatic heterocycles. The zero-order valence-corrected chi connectivity index (χ0v) is 22.0. The summed E-state index contributed by atoms with van der Waals surface area (Å²) in [5.41, 5.74) is 7.64. The van der Waals surface area contributed by atoms with Gasteiger partial charge in [-0.25, -0.2) is 5.84 Å². The minimum atomic E-state index is -4.62. The van der Waals surface area contributed by atoms with E-state index in [1.807, 2.05) is 6.92 Å². The Labute approximate surface area is 224 Å². The molecule has 0 unspecified atom stereocenters. The highest BCUT2D eigenvalue weighted by atomic mass is 19.4. The lowest BCUT2D eigenvalue weighted by Gasteiger charge is -2.20. The van der Waals surface area contributed by atoms with Gasteiger partial charge in [-0.05, 0) is 49.4 Å². The summed E-state index contributed by atoms with van der Waals surface area (Å²) in [5.74, 6) is 6.25. The highest BCUT2D eigenvalue weighted by molar-refractivity contribution is 6.06. The molecule has 208 valence electrons. The van der Waals surface area contributed by atoms with Crippen LogP contribution in [0.4, 0.5) is 24.5 Å². The van der Waals surface area contributed by atoms with E-state index in [1.165, 1.54) is 37.7 Å². The number of carbonyl (C=O) groups excluding carboxylic acids is 1. The van der Waals surface area contributed by atoms with Crippen molar-refractivity contribution in [1.82, 2.24) is 10.3 Å². The monoisotopic (exact) mass is 544 g/mol. The van der Waals surface area contributed by atoms with Gasteiger partial charge in [0.15, 0.2) is 0 Å². The number of aryl methyl sites for hydroxylation is 1. The van der Waals surface area contributed by atoms with Crippen molar-refractivity contribution < 1.29 is 27.4 Å². The van der Waals surface area contributed by atoms with Crippen molar-refractivity contribution in [3.05, 3.63) is 82.8 Å². The Balaban J connectivity index is 1.94. The first-order chi connectivity index (χ1) is 18.5. The molecule has 9 nitrogen and oxygen atoms in total. The summed E-state index contributed by atoms with van der Waals surface area (Å²) in [6, 6.07) is 8.26. The molecule has 6 N–H and O–H groups in total. The number of hydrogen-bond donors (Lipinski definition) is 4. The van der Waals surface area contributed by atoms with Crippen LogP contribution in [-0.2, 0) is 12.7 Å². The quantitative estimate of drug-likeness (QED) is 0.218. The molecule has 3 rings (SSSR count). The minimum absolute atomic E-state index is 0.105. The van der Waals surface area contributed by atoms with Gasteiger partial charge in [-0.2, -0.15) is 13.2 Å². The summed E-state index contributed by atoms with van der Waals surface area (Å²) in [6.07, 6.45) is -0.0742. The number of amides is 1. The summed E-state index contributed by atoms with van der Waals surface area (Å²) >= 11 is 0. The largest absolute Gasteiger partial charge is 0.495 e. The Hall–Kier alpha value is -4.29. The minimum Gasteiger partial charge on any atom is -0.495 e. The van der Waals surface area contributed by atoms with Crippen LogP contribution in [0, 0.1) is 6.92 Å². The molecule has 0 bridgehead atoms. The Morgan fingerprint density at radius 2 is 1.85 bits per heavy atom. The second kappa shape index (κ2) is 12.5. The Morgan fingerprint density at radius 3 is 2.49 bits per heavy atom. The van der Waals surface area contributed by atoms with Crippen molar-refractivity contribution in [3.8, 4) is 11.5 Å². The predicted octanol–water partition coefficient (Wildman–Crippen LogP) is 4.43. The van der Waals surface area contributed by atoms with Gasteiger partial charge in [-0.1, -0.05) is 13.0 Å². The first-order valence-corrected chi connectivity index (χ1v) is 11.9. The maximum atomic E-state index is 13.6. The molecule has 2 aromatic carbocycles. The summed E-state index contributed by atoms with van der Waals surface area (Å²) in [5, 5.41) is 6.79. The normalized spacial score (nSPS) is 11.7. The lowest BCUT2D eigenvalue weighted by atomic mass is 10.1. The number of hydrazine groups is 1. The fraction of sp³-hybridized carbons (Fsp3) is 0.259. The zero-order valence-electron chi connectivity index (χ0n) is 22.0. The van der Waals surface area contributed by atoms with E-state index in [0.717, 1.165) is 17.7 Å². The van der Waals surface area contributed by atoms with Crippen molar-refractivity contribution >= 4 is 23.0 Å². The number of ether oxygens (including phenoxy) is 2. The van der Waals surface area contributed by atoms with Gasteiger partial charge in [0.1, 0.15) is 11.5 Å². The van der Waals surface area contributed by atoms with Crippen LogP contribution in [0.5, 0.6) is 11.5 Å². The van der Waals surface area contributed by atoms with Crippen LogP contribution in [0.3, 0.4) is 0 Å². The van der Waals surface area contributed by atoms with Gasteiger partial charge >= 0.3 is 6.18 Å². The van der Waals surface area contributed by atoms with Gasteiger partial charge in [0.25, 0.3) is 5.91 Å². The number of methoxy groups -OCH3 is 2. The van der Waals surface area contributed by atoms with E-state index in [4.69, 9.17) is 21.1 Å². The second-order valence-corrected chi connectivity index (χ2v) is 8.55. The fourth-order valence-corrected chi connectivity index (χ4v) is 3.78. The molecule has 0 saturated carbocycles. The molecular formula is C27H31F3N6O3. The van der Waals surface area contributed by atoms with Crippen molar-refractivity contribution in [2.75, 3.05) is 31.1 Å². The van der Waals surface area contributed by atoms with Gasteiger partial charge in [0.05, 0.1) is 43.1 Å². The average Bonchev–Trinajstić information content (AvgIpc) is 2.91. The van der Waals surface area contributed by atoms with E-state index in [1.54, 1.807) is 31.3 Å². The molecule has 12 heteroatoms. The van der Waals surface area contributed by atoms with Gasteiger partial charge in [0, 0.05) is 35.6 Å². The molecule has 0 aliphatic carbocycles. The number of nitrogens with zero attached hydrogens (tertiary/aromatic N) is 2. The molecule has 0 aliphatic rings. The van der Waals surface area contributed by atoms with Gasteiger partial charge in [-0.3, -0.25) is 14.8 Å². The third-order valence-corrected chi connectivity index (χ3v) is 5.82. The second-order valence-electron chi connectivity index (χ2n) is 8.55. The Kier molecular flexibility index (Phi) is 9.38. The van der Waals surface area contributed by atoms with Gasteiger partial charge in [0.2, 0.25) is 0 Å². The molecule has 3 aromatic rings. The van der Waals surface area contributed by atoms with Crippen LogP contribution >= 0.6 is 0 Å². The molecule has 1 amide bonds. The molecule has 0 radical (unpaired) electrons. The molecule has 0 saturated heterocycles. The number of benzene rings is 2. The van der Waals surface area contributed by atoms with E-state index in [2.05, 4.69) is 15.6 Å². The van der Waals surface area contributed by atoms with E-state index < -0.39 is 17.6 Å². The number of rotatable bonds is 10. The highest BCUT2D eigenvalue weighted by Crippen LogP contribution is 2.38. The number of pyridine rings is 1. The van der Waals surface area contributed by atoms with Crippen LogP contribution in [0.2, 0.25) is 0 Å². The SMILES string of the molecule is CCNCc1cc(C(F)(F)F)cc(NC(=O)c2ccc(C)c(N(N)/C=C(\N)c3cncc(OC)c3)c2)c1OC. The predicted molar refractivity (Wildman–Crippen MR) is 144 cm³/mol. The highest BCUT2D eigenvalue weighted by Gasteiger charge is 2.33. The summed E-state index contributed by atoms with van der Waals surface area (Å²) in [7, 11) is 2.84. The van der Waals surface area contributed by atoms with Crippen molar-refractivity contribution in [2.24, 2.45) is 11.6 Å². The third kappa shape index (κ3) is 7.18. The summed E-state index contributed by atoms with van der Waals surface area (Å²) < 4.78 is 51.3. The molecular weight excluding hydrogens is 513 g/mol. The van der Waals surface area contributed by atoms with Gasteiger partial charge in [-0.15, -0.1) is 0 Å². The maximum absolute atomic E-state index is 13.6. The molecule has 0 fully saturated rings. The number of hydrogen-bond acceptors (Lipinski definition) is 8. The van der Waals surface area contributed by atoms with Crippen LogP contribution in [0.25, 0.3) is 5.70 Å². The molecule has 1 heterocycles. The third-order valence-electron chi connectivity index (χ3n) is 5.82. The number of halogens is 3. The van der Waals surface area contributed by atoms with Crippen molar-refractivity contribution in [1.29, 1.82) is 0 Å². The number of alkyl halides is 3. The number of nitrogens with one attached hydrogen (secondary N) is 2. The van der Waals surface area contributed by atoms with Crippen LogP contribution in [0.15, 0.2) is 55.0 Å². The van der Waals surface area contributed by atoms with Crippen molar-refractivity contribution in [2.45, 2.75) is 26.6 Å². The fourth-order valence-electron chi connectivity index (χ4n) is 3.78. The van der Waals surface area contributed by atoms with E-state index in [-0.39, 0.29) is 29.1 Å². The lowest BCUT2D eigenvalue weighted by Crippen LogP contribution is -2.27. The first-order valence-electron chi connectivity index (χ1n) is 11.9. The average molecular weight is 545 g/mol. The molecule has 0 atom stereocenters. The Morgan fingerprint density at radius 1 is 1.10 bits per heavy atom. The number of carbonyl (C=O) groups is 1. The maximum Gasteiger partial charge on any atom is 0.416 e. The Bertz CT molecular complexity index is 1360. The lowest BCUT2D eigenvalue weighted by molar-refractivity contribution is -0.137. The van der Waals surface area contributed by atoms with E-state index in [9.17, 15) is 18.0 Å². The summed E-state index contributed by atoms with van der Waals surface area (Å²) in [6.45, 7) is 4.28. The first kappa shape index (κ1) is 29.3. The van der Waals surface area contributed by atoms with Crippen LogP contribution in [0.1, 0.15) is 39.5 Å². The zero-order chi connectivity index (χ0) is 28.7. The number of anilines is 2. The molecule has 39 heavy (non-hydrogen) atoms.